The molecule has 0 aliphatic carbocycles. The van der Waals surface area contributed by atoms with Crippen LogP contribution in [0.5, 0.6) is 0 Å². The van der Waals surface area contributed by atoms with Crippen LogP contribution in [0, 0.1) is 0 Å². The van der Waals surface area contributed by atoms with Crippen LogP contribution >= 0.6 is 0 Å². The third-order valence-corrected chi connectivity index (χ3v) is 6.10. The Balaban J connectivity index is 0.00000133. The summed E-state index contributed by atoms with van der Waals surface area (Å²) in [5.74, 6) is 0.264. The van der Waals surface area contributed by atoms with Gasteiger partial charge in [0, 0.05) is 25.8 Å². The first-order chi connectivity index (χ1) is 16.5. The molecule has 8 heteroatoms. The van der Waals surface area contributed by atoms with Gasteiger partial charge in [-0.2, -0.15) is 13.2 Å². The zero-order valence-corrected chi connectivity index (χ0v) is 18.2. The van der Waals surface area contributed by atoms with Crippen LogP contribution in [0.4, 0.5) is 19.0 Å². The third kappa shape index (κ3) is 4.31. The first-order valence-corrected chi connectivity index (χ1v) is 10.6. The molecule has 1 aromatic heterocycles. The van der Waals surface area contributed by atoms with Gasteiger partial charge in [0.2, 0.25) is 6.41 Å². The van der Waals surface area contributed by atoms with Crippen molar-refractivity contribution in [1.29, 1.82) is 0 Å². The second kappa shape index (κ2) is 9.51. The van der Waals surface area contributed by atoms with Crippen molar-refractivity contribution in [3.63, 3.8) is 0 Å². The molecule has 1 unspecified atom stereocenters. The Morgan fingerprint density at radius 2 is 1.53 bits per heavy atom. The molecule has 2 heterocycles. The van der Waals surface area contributed by atoms with Crippen molar-refractivity contribution < 1.29 is 22.8 Å². The Kier molecular flexibility index (Phi) is 6.49. The maximum absolute atomic E-state index is 13.2. The van der Waals surface area contributed by atoms with Crippen LogP contribution < -0.4 is 4.90 Å². The molecule has 1 atom stereocenters. The Labute approximate surface area is 194 Å². The number of hydrogen-bond acceptors (Lipinski definition) is 4. The van der Waals surface area contributed by atoms with Crippen LogP contribution in [0.25, 0.3) is 21.5 Å². The number of rotatable bonds is 3. The molecule has 1 fully saturated rings. The molecule has 0 saturated carbocycles. The summed E-state index contributed by atoms with van der Waals surface area (Å²) in [4.78, 5) is 27.8. The van der Waals surface area contributed by atoms with E-state index in [1.165, 1.54) is 6.20 Å². The summed E-state index contributed by atoms with van der Waals surface area (Å²) in [6, 6.07) is 19.8. The highest BCUT2D eigenvalue weighted by Gasteiger charge is 2.34. The number of benzene rings is 3. The standard InChI is InChI=1S/C25H20F3N3O.CH2O/c26-25(27,28)19-9-10-29-23(14-19)30-11-12-31(16-32)22(15-30)24-20-7-3-1-5-17(20)13-18-6-2-4-8-21(18)24;1-2/h1-10,13-14,16,22H,11-12,15H2;1H2. The molecule has 0 N–H and O–H groups in total. The average Bonchev–Trinajstić information content (AvgIpc) is 2.87. The van der Waals surface area contributed by atoms with Crippen molar-refractivity contribution in [1.82, 2.24) is 9.88 Å². The highest BCUT2D eigenvalue weighted by Crippen LogP contribution is 2.38. The number of halogens is 3. The topological polar surface area (TPSA) is 53.5 Å². The molecule has 0 radical (unpaired) electrons. The largest absolute Gasteiger partial charge is 0.416 e. The highest BCUT2D eigenvalue weighted by atomic mass is 19.4. The minimum Gasteiger partial charge on any atom is -0.352 e. The Morgan fingerprint density at radius 3 is 2.12 bits per heavy atom. The minimum absolute atomic E-state index is 0.264. The lowest BCUT2D eigenvalue weighted by molar-refractivity contribution is -0.137. The SMILES string of the molecule is C=O.O=CN1CCN(c2cc(C(F)(F)F)ccn2)CC1c1c2ccccc2cc2ccccc12. The quantitative estimate of drug-likeness (QED) is 0.307. The van der Waals surface area contributed by atoms with Crippen LogP contribution in [0.2, 0.25) is 0 Å². The van der Waals surface area contributed by atoms with Gasteiger partial charge in [-0.15, -0.1) is 0 Å². The number of piperazine rings is 1. The Bertz CT molecular complexity index is 1270. The van der Waals surface area contributed by atoms with E-state index >= 15 is 0 Å². The number of pyridine rings is 1. The smallest absolute Gasteiger partial charge is 0.352 e. The van der Waals surface area contributed by atoms with E-state index in [0.717, 1.165) is 45.7 Å². The van der Waals surface area contributed by atoms with Gasteiger partial charge < -0.3 is 14.6 Å². The molecule has 0 bridgehead atoms. The number of anilines is 1. The van der Waals surface area contributed by atoms with Gasteiger partial charge in [-0.25, -0.2) is 4.98 Å². The second-order valence-corrected chi connectivity index (χ2v) is 7.94. The number of fused-ring (bicyclic) bond motifs is 2. The van der Waals surface area contributed by atoms with Crippen LogP contribution in [0.15, 0.2) is 72.9 Å². The molecule has 1 saturated heterocycles. The van der Waals surface area contributed by atoms with Gasteiger partial charge in [-0.1, -0.05) is 48.5 Å². The van der Waals surface area contributed by atoms with Crippen LogP contribution in [0.1, 0.15) is 17.2 Å². The number of amides is 1. The van der Waals surface area contributed by atoms with Gasteiger partial charge in [0.1, 0.15) is 12.6 Å². The number of hydrogen-bond donors (Lipinski definition) is 0. The van der Waals surface area contributed by atoms with E-state index in [1.807, 2.05) is 60.2 Å². The number of nitrogens with zero attached hydrogens (tertiary/aromatic N) is 3. The summed E-state index contributed by atoms with van der Waals surface area (Å²) >= 11 is 0. The van der Waals surface area contributed by atoms with Crippen molar-refractivity contribution in [3.8, 4) is 0 Å². The van der Waals surface area contributed by atoms with Crippen molar-refractivity contribution in [3.05, 3.63) is 84.1 Å². The molecule has 174 valence electrons. The van der Waals surface area contributed by atoms with Crippen molar-refractivity contribution in [2.45, 2.75) is 12.2 Å². The lowest BCUT2D eigenvalue weighted by Crippen LogP contribution is -2.48. The highest BCUT2D eigenvalue weighted by molar-refractivity contribution is 6.02. The van der Waals surface area contributed by atoms with Crippen LogP contribution in [-0.2, 0) is 15.8 Å². The molecule has 1 aliphatic rings. The monoisotopic (exact) mass is 465 g/mol. The van der Waals surface area contributed by atoms with Crippen molar-refractivity contribution >= 4 is 40.6 Å². The molecular weight excluding hydrogens is 443 g/mol. The molecule has 3 aromatic carbocycles. The van der Waals surface area contributed by atoms with E-state index < -0.39 is 11.7 Å². The van der Waals surface area contributed by atoms with Gasteiger partial charge in [0.25, 0.3) is 0 Å². The predicted molar refractivity (Wildman–Crippen MR) is 126 cm³/mol. The fraction of sp³-hybridized carbons (Fsp3) is 0.192. The Hall–Kier alpha value is -3.94. The summed E-state index contributed by atoms with van der Waals surface area (Å²) in [7, 11) is 0. The zero-order valence-electron chi connectivity index (χ0n) is 18.2. The van der Waals surface area contributed by atoms with E-state index in [4.69, 9.17) is 4.79 Å². The van der Waals surface area contributed by atoms with E-state index in [0.29, 0.717) is 19.6 Å². The minimum atomic E-state index is -4.44. The van der Waals surface area contributed by atoms with E-state index in [2.05, 4.69) is 11.1 Å². The van der Waals surface area contributed by atoms with Gasteiger partial charge >= 0.3 is 6.18 Å². The second-order valence-electron chi connectivity index (χ2n) is 7.94. The lowest BCUT2D eigenvalue weighted by atomic mass is 9.90. The number of carbonyl (C=O) groups excluding carboxylic acids is 2. The van der Waals surface area contributed by atoms with E-state index in [1.54, 1.807) is 4.90 Å². The molecule has 5 nitrogen and oxygen atoms in total. The average molecular weight is 465 g/mol. The number of carbonyl (C=O) groups is 2. The molecule has 34 heavy (non-hydrogen) atoms. The molecule has 1 amide bonds. The first kappa shape index (κ1) is 23.2. The first-order valence-electron chi connectivity index (χ1n) is 10.6. The summed E-state index contributed by atoms with van der Waals surface area (Å²) in [6.45, 7) is 3.15. The maximum Gasteiger partial charge on any atom is 0.416 e. The maximum atomic E-state index is 13.2. The lowest BCUT2D eigenvalue weighted by Gasteiger charge is -2.41. The fourth-order valence-electron chi connectivity index (χ4n) is 4.56. The predicted octanol–water partition coefficient (Wildman–Crippen LogP) is 5.24. The summed E-state index contributed by atoms with van der Waals surface area (Å²) in [5, 5.41) is 4.17. The zero-order chi connectivity index (χ0) is 24.3. The van der Waals surface area contributed by atoms with Gasteiger partial charge in [0.15, 0.2) is 0 Å². The molecule has 5 rings (SSSR count). The third-order valence-electron chi connectivity index (χ3n) is 6.10. The molecule has 1 aliphatic heterocycles. The Morgan fingerprint density at radius 1 is 0.912 bits per heavy atom. The summed E-state index contributed by atoms with van der Waals surface area (Å²) < 4.78 is 39.7. The van der Waals surface area contributed by atoms with E-state index in [9.17, 15) is 18.0 Å². The van der Waals surface area contributed by atoms with Gasteiger partial charge in [-0.3, -0.25) is 4.79 Å². The van der Waals surface area contributed by atoms with Crippen LogP contribution in [-0.4, -0.2) is 42.7 Å². The normalized spacial score (nSPS) is 16.3. The molecule has 0 spiro atoms. The van der Waals surface area contributed by atoms with Gasteiger partial charge in [0.05, 0.1) is 11.6 Å². The molecule has 4 aromatic rings. The fourth-order valence-corrected chi connectivity index (χ4v) is 4.56. The molecular formula is C26H22F3N3O2. The van der Waals surface area contributed by atoms with E-state index in [-0.39, 0.29) is 11.9 Å². The van der Waals surface area contributed by atoms with Crippen LogP contribution in [0.3, 0.4) is 0 Å². The summed E-state index contributed by atoms with van der Waals surface area (Å²) in [6.07, 6.45) is -2.42. The summed E-state index contributed by atoms with van der Waals surface area (Å²) in [5.41, 5.74) is 0.273. The number of aromatic nitrogens is 1. The van der Waals surface area contributed by atoms with Crippen molar-refractivity contribution in [2.75, 3.05) is 24.5 Å². The van der Waals surface area contributed by atoms with Crippen molar-refractivity contribution in [2.24, 2.45) is 0 Å². The number of alkyl halides is 3. The van der Waals surface area contributed by atoms with Gasteiger partial charge in [-0.05, 0) is 45.3 Å².